The normalized spacial score (nSPS) is 26.8. The van der Waals surface area contributed by atoms with Gasteiger partial charge in [0.05, 0.1) is 37.6 Å². The van der Waals surface area contributed by atoms with E-state index >= 15 is 0 Å². The summed E-state index contributed by atoms with van der Waals surface area (Å²) >= 11 is 0. The minimum absolute atomic E-state index is 0.0154. The lowest BCUT2D eigenvalue weighted by atomic mass is 9.88. The number of nitrogens with zero attached hydrogens (tertiary/aromatic N) is 4. The fourth-order valence-corrected chi connectivity index (χ4v) is 6.35. The molecule has 0 spiro atoms. The molecule has 4 heterocycles. The molecule has 0 saturated carbocycles. The van der Waals surface area contributed by atoms with E-state index in [-0.39, 0.29) is 36.9 Å². The molecule has 224 valence electrons. The molecule has 0 radical (unpaired) electrons. The number of carbonyl (C=O) groups excluding carboxylic acids is 1. The van der Waals surface area contributed by atoms with E-state index in [2.05, 4.69) is 40.9 Å². The van der Waals surface area contributed by atoms with E-state index < -0.39 is 17.2 Å². The number of aliphatic hydroxyl groups is 1. The molecule has 2 fully saturated rings. The Kier molecular flexibility index (Phi) is 8.78. The maximum Gasteiger partial charge on any atom is 0.241 e. The van der Waals surface area contributed by atoms with Gasteiger partial charge in [-0.3, -0.25) is 19.6 Å². The average molecular weight is 572 g/mol. The number of anilines is 1. The zero-order valence-corrected chi connectivity index (χ0v) is 24.6. The van der Waals surface area contributed by atoms with Gasteiger partial charge >= 0.3 is 0 Å². The van der Waals surface area contributed by atoms with Crippen LogP contribution in [0, 0.1) is 11.6 Å². The fraction of sp³-hybridized carbons (Fsp3) is 0.613. The number of aliphatic hydroxyl groups excluding tert-OH is 1. The van der Waals surface area contributed by atoms with Crippen molar-refractivity contribution < 1.29 is 23.4 Å². The van der Waals surface area contributed by atoms with Gasteiger partial charge in [0.2, 0.25) is 5.91 Å². The molecule has 1 aromatic carbocycles. The summed E-state index contributed by atoms with van der Waals surface area (Å²) in [5.74, 6) is -1.19. The van der Waals surface area contributed by atoms with Crippen LogP contribution in [0.3, 0.4) is 0 Å². The highest BCUT2D eigenvalue weighted by Gasteiger charge is 2.41. The second-order valence-corrected chi connectivity index (χ2v) is 12.7. The molecule has 3 atom stereocenters. The number of benzene rings is 1. The Balaban J connectivity index is 1.36. The van der Waals surface area contributed by atoms with Crippen molar-refractivity contribution in [1.29, 1.82) is 0 Å². The number of piperazine rings is 1. The molecular weight excluding hydrogens is 528 g/mol. The molecule has 2 N–H and O–H groups in total. The van der Waals surface area contributed by atoms with Crippen molar-refractivity contribution in [3.05, 3.63) is 58.9 Å². The highest BCUT2D eigenvalue weighted by atomic mass is 19.1. The summed E-state index contributed by atoms with van der Waals surface area (Å²) < 4.78 is 33.5. The van der Waals surface area contributed by atoms with Crippen LogP contribution in [0.5, 0.6) is 0 Å². The third-order valence-corrected chi connectivity index (χ3v) is 9.10. The molecule has 0 bridgehead atoms. The molecule has 2 aromatic rings. The minimum atomic E-state index is -0.613. The first-order valence-electron chi connectivity index (χ1n) is 14.7. The Labute approximate surface area is 241 Å². The van der Waals surface area contributed by atoms with Gasteiger partial charge in [-0.2, -0.15) is 0 Å². The van der Waals surface area contributed by atoms with Gasteiger partial charge in [0, 0.05) is 80.2 Å². The number of pyridine rings is 1. The number of aromatic nitrogens is 1. The molecule has 2 saturated heterocycles. The number of amides is 1. The van der Waals surface area contributed by atoms with Gasteiger partial charge in [-0.05, 0) is 31.0 Å². The lowest BCUT2D eigenvalue weighted by molar-refractivity contribution is -0.122. The number of morpholine rings is 1. The van der Waals surface area contributed by atoms with Gasteiger partial charge in [-0.25, -0.2) is 8.78 Å². The van der Waals surface area contributed by atoms with Crippen LogP contribution in [0.4, 0.5) is 14.5 Å². The Morgan fingerprint density at radius 3 is 2.78 bits per heavy atom. The number of carbonyl (C=O) groups is 1. The molecule has 0 unspecified atom stereocenters. The predicted molar refractivity (Wildman–Crippen MR) is 154 cm³/mol. The van der Waals surface area contributed by atoms with Crippen LogP contribution in [0.1, 0.15) is 50.9 Å². The first kappa shape index (κ1) is 30.0. The third-order valence-electron chi connectivity index (χ3n) is 9.10. The number of rotatable bonds is 8. The Morgan fingerprint density at radius 2 is 2.05 bits per heavy atom. The maximum absolute atomic E-state index is 14.4. The summed E-state index contributed by atoms with van der Waals surface area (Å²) in [7, 11) is 0. The van der Waals surface area contributed by atoms with Gasteiger partial charge in [0.25, 0.3) is 0 Å². The lowest BCUT2D eigenvalue weighted by Gasteiger charge is -2.48. The molecular formula is C31H43F2N5O3. The summed E-state index contributed by atoms with van der Waals surface area (Å²) in [6, 6.07) is 5.87. The second-order valence-electron chi connectivity index (χ2n) is 12.7. The van der Waals surface area contributed by atoms with Crippen molar-refractivity contribution in [1.82, 2.24) is 20.1 Å². The number of halogens is 2. The number of fused-ring (bicyclic) bond motifs is 1. The number of nitrogens with one attached hydrogen (secondary N) is 1. The monoisotopic (exact) mass is 571 g/mol. The Bertz CT molecular complexity index is 1260. The van der Waals surface area contributed by atoms with Crippen molar-refractivity contribution in [2.24, 2.45) is 0 Å². The average Bonchev–Trinajstić information content (AvgIpc) is 3.22. The van der Waals surface area contributed by atoms with Crippen LogP contribution in [0.2, 0.25) is 0 Å². The van der Waals surface area contributed by atoms with E-state index in [4.69, 9.17) is 4.74 Å². The van der Waals surface area contributed by atoms with Crippen LogP contribution in [-0.2, 0) is 21.4 Å². The molecule has 8 nitrogen and oxygen atoms in total. The summed E-state index contributed by atoms with van der Waals surface area (Å²) in [6.07, 6.45) is 2.98. The molecule has 5 rings (SSSR count). The Morgan fingerprint density at radius 1 is 1.24 bits per heavy atom. The van der Waals surface area contributed by atoms with Crippen molar-refractivity contribution in [3.8, 4) is 0 Å². The standard InChI is InChI=1S/C31H43F2N5O3/c1-5-23-15-36(25(13-34-23)16-37-8-9-41-20-31(37,4)19-39)17-29(40)38-18-30(2,3)26-14-35-24(12-28(26)38)10-21-6-7-22(32)11-27(21)33/h6-7,11-12,14,23,25,34,39H,5,8-10,13,15-20H2,1-4H3/t23-,25-,31+/m1/s1. The van der Waals surface area contributed by atoms with E-state index in [1.54, 1.807) is 6.20 Å². The first-order valence-corrected chi connectivity index (χ1v) is 14.7. The molecule has 41 heavy (non-hydrogen) atoms. The molecule has 1 aromatic heterocycles. The van der Waals surface area contributed by atoms with E-state index in [0.29, 0.717) is 37.1 Å². The smallest absolute Gasteiger partial charge is 0.241 e. The maximum atomic E-state index is 14.4. The summed E-state index contributed by atoms with van der Waals surface area (Å²) in [4.78, 5) is 25.0. The lowest BCUT2D eigenvalue weighted by Crippen LogP contribution is -2.65. The highest BCUT2D eigenvalue weighted by Crippen LogP contribution is 2.40. The topological polar surface area (TPSA) is 81.2 Å². The van der Waals surface area contributed by atoms with Gasteiger partial charge < -0.3 is 20.1 Å². The Hall–Kier alpha value is -2.50. The van der Waals surface area contributed by atoms with Gasteiger partial charge in [-0.15, -0.1) is 0 Å². The van der Waals surface area contributed by atoms with Crippen molar-refractivity contribution >= 4 is 11.6 Å². The van der Waals surface area contributed by atoms with Gasteiger partial charge in [-0.1, -0.05) is 26.8 Å². The largest absolute Gasteiger partial charge is 0.394 e. The van der Waals surface area contributed by atoms with Crippen molar-refractivity contribution in [2.75, 3.05) is 64.0 Å². The van der Waals surface area contributed by atoms with Crippen LogP contribution < -0.4 is 10.2 Å². The van der Waals surface area contributed by atoms with Gasteiger partial charge in [0.1, 0.15) is 11.6 Å². The van der Waals surface area contributed by atoms with Crippen molar-refractivity contribution in [2.45, 2.75) is 63.6 Å². The summed E-state index contributed by atoms with van der Waals surface area (Å²) in [5.41, 5.74) is 2.08. The van der Waals surface area contributed by atoms with E-state index in [9.17, 15) is 18.7 Å². The molecule has 10 heteroatoms. The number of hydrogen-bond donors (Lipinski definition) is 2. The molecule has 3 aliphatic rings. The van der Waals surface area contributed by atoms with E-state index in [1.165, 1.54) is 12.1 Å². The number of hydrogen-bond acceptors (Lipinski definition) is 7. The van der Waals surface area contributed by atoms with Crippen LogP contribution in [-0.4, -0.2) is 103 Å². The summed E-state index contributed by atoms with van der Waals surface area (Å²) in [6.45, 7) is 13.3. The SMILES string of the molecule is CC[C@@H]1CN(CC(=O)N2CC(C)(C)c3cnc(Cc4ccc(F)cc4F)cc32)[C@@H](CN2CCOC[C@]2(C)CO)CN1. The first-order chi connectivity index (χ1) is 19.5. The second kappa shape index (κ2) is 12.0. The van der Waals surface area contributed by atoms with E-state index in [1.807, 2.05) is 17.9 Å². The van der Waals surface area contributed by atoms with Crippen molar-refractivity contribution in [3.63, 3.8) is 0 Å². The van der Waals surface area contributed by atoms with Crippen LogP contribution in [0.15, 0.2) is 30.5 Å². The molecule has 1 amide bonds. The predicted octanol–water partition coefficient (Wildman–Crippen LogP) is 2.71. The van der Waals surface area contributed by atoms with Gasteiger partial charge in [0.15, 0.2) is 0 Å². The number of ether oxygens (including phenoxy) is 1. The highest BCUT2D eigenvalue weighted by molar-refractivity contribution is 5.97. The zero-order chi connectivity index (χ0) is 29.4. The zero-order valence-electron chi connectivity index (χ0n) is 24.6. The van der Waals surface area contributed by atoms with Crippen LogP contribution in [0.25, 0.3) is 0 Å². The molecule has 0 aliphatic carbocycles. The quantitative estimate of drug-likeness (QED) is 0.505. The summed E-state index contributed by atoms with van der Waals surface area (Å²) in [5, 5.41) is 13.8. The van der Waals surface area contributed by atoms with Crippen LogP contribution >= 0.6 is 0 Å². The third kappa shape index (κ3) is 6.32. The molecule has 3 aliphatic heterocycles. The fourth-order valence-electron chi connectivity index (χ4n) is 6.35. The minimum Gasteiger partial charge on any atom is -0.394 e. The van der Waals surface area contributed by atoms with E-state index in [0.717, 1.165) is 49.9 Å².